The van der Waals surface area contributed by atoms with Gasteiger partial charge in [0.15, 0.2) is 0 Å². The zero-order valence-electron chi connectivity index (χ0n) is 13.5. The number of nitrogens with zero attached hydrogens (tertiary/aromatic N) is 1. The van der Waals surface area contributed by atoms with Crippen LogP contribution >= 0.6 is 22.9 Å². The van der Waals surface area contributed by atoms with E-state index < -0.39 is 11.7 Å². The zero-order chi connectivity index (χ0) is 18.2. The molecule has 0 N–H and O–H groups in total. The minimum atomic E-state index is -4.40. The summed E-state index contributed by atoms with van der Waals surface area (Å²) in [4.78, 5) is 15.4. The number of carbonyl (C=O) groups is 1. The van der Waals surface area contributed by atoms with E-state index in [9.17, 15) is 18.0 Å². The molecule has 0 saturated heterocycles. The van der Waals surface area contributed by atoms with Gasteiger partial charge in [0.05, 0.1) is 16.4 Å². The van der Waals surface area contributed by atoms with Crippen LogP contribution < -0.4 is 0 Å². The van der Waals surface area contributed by atoms with Gasteiger partial charge in [0, 0.05) is 17.3 Å². The maximum atomic E-state index is 13.2. The molecule has 7 heteroatoms. The Bertz CT molecular complexity index is 774. The Balaban J connectivity index is 1.73. The van der Waals surface area contributed by atoms with Gasteiger partial charge in [0.25, 0.3) is 0 Å². The quantitative estimate of drug-likeness (QED) is 0.656. The van der Waals surface area contributed by atoms with Crippen molar-refractivity contribution in [2.24, 2.45) is 5.92 Å². The lowest BCUT2D eigenvalue weighted by molar-refractivity contribution is -0.138. The number of amides is 1. The van der Waals surface area contributed by atoms with Gasteiger partial charge in [-0.25, -0.2) is 0 Å². The smallest absolute Gasteiger partial charge is 0.338 e. The van der Waals surface area contributed by atoms with Crippen LogP contribution in [0.4, 0.5) is 13.2 Å². The van der Waals surface area contributed by atoms with Crippen LogP contribution in [-0.2, 0) is 17.5 Å². The SMILES string of the molecule is CCN(Cc1ccc(Cl)s1)C(=O)C1CC1c1ccccc1C(F)(F)F. The van der Waals surface area contributed by atoms with E-state index in [1.807, 2.05) is 13.0 Å². The molecule has 0 spiro atoms. The number of hydrogen-bond acceptors (Lipinski definition) is 2. The van der Waals surface area contributed by atoms with Crippen LogP contribution in [-0.4, -0.2) is 17.4 Å². The van der Waals surface area contributed by atoms with Gasteiger partial charge in [-0.3, -0.25) is 4.79 Å². The van der Waals surface area contributed by atoms with Gasteiger partial charge in [-0.1, -0.05) is 29.8 Å². The van der Waals surface area contributed by atoms with Crippen LogP contribution in [0.25, 0.3) is 0 Å². The average molecular weight is 388 g/mol. The van der Waals surface area contributed by atoms with E-state index in [4.69, 9.17) is 11.6 Å². The standard InChI is InChI=1S/C18H17ClF3NOS/c1-2-23(10-11-7-8-16(19)25-11)17(24)14-9-13(14)12-5-3-4-6-15(12)18(20,21)22/h3-8,13-14H,2,9-10H2,1H3. The summed E-state index contributed by atoms with van der Waals surface area (Å²) >= 11 is 7.32. The predicted molar refractivity (Wildman–Crippen MR) is 92.7 cm³/mol. The molecule has 3 rings (SSSR count). The lowest BCUT2D eigenvalue weighted by Gasteiger charge is -2.20. The van der Waals surface area contributed by atoms with E-state index in [2.05, 4.69) is 0 Å². The van der Waals surface area contributed by atoms with Crippen LogP contribution in [0.15, 0.2) is 36.4 Å². The molecule has 1 saturated carbocycles. The van der Waals surface area contributed by atoms with E-state index in [-0.39, 0.29) is 23.3 Å². The van der Waals surface area contributed by atoms with Crippen molar-refractivity contribution in [3.8, 4) is 0 Å². The van der Waals surface area contributed by atoms with Crippen molar-refractivity contribution >= 4 is 28.8 Å². The normalized spacial score (nSPS) is 19.7. The first-order valence-corrected chi connectivity index (χ1v) is 9.19. The highest BCUT2D eigenvalue weighted by molar-refractivity contribution is 7.16. The highest BCUT2D eigenvalue weighted by Gasteiger charge is 2.48. The molecule has 1 aliphatic rings. The van der Waals surface area contributed by atoms with Crippen LogP contribution in [0.5, 0.6) is 0 Å². The van der Waals surface area contributed by atoms with Crippen LogP contribution in [0, 0.1) is 5.92 Å². The van der Waals surface area contributed by atoms with Crippen LogP contribution in [0.1, 0.15) is 35.3 Å². The Hall–Kier alpha value is -1.53. The van der Waals surface area contributed by atoms with Crippen LogP contribution in [0.2, 0.25) is 4.34 Å². The maximum Gasteiger partial charge on any atom is 0.416 e. The second kappa shape index (κ2) is 7.00. The van der Waals surface area contributed by atoms with E-state index in [0.29, 0.717) is 23.8 Å². The molecule has 2 aromatic rings. The highest BCUT2D eigenvalue weighted by Crippen LogP contribution is 2.51. The lowest BCUT2D eigenvalue weighted by Crippen LogP contribution is -2.31. The summed E-state index contributed by atoms with van der Waals surface area (Å²) in [6.45, 7) is 2.82. The molecule has 0 bridgehead atoms. The van der Waals surface area contributed by atoms with Crippen molar-refractivity contribution in [2.45, 2.75) is 32.0 Å². The number of thiophene rings is 1. The van der Waals surface area contributed by atoms with Crippen molar-refractivity contribution in [3.05, 3.63) is 56.7 Å². The van der Waals surface area contributed by atoms with Crippen molar-refractivity contribution in [3.63, 3.8) is 0 Å². The largest absolute Gasteiger partial charge is 0.416 e. The highest BCUT2D eigenvalue weighted by atomic mass is 35.5. The van der Waals surface area contributed by atoms with Crippen molar-refractivity contribution < 1.29 is 18.0 Å². The molecule has 2 nitrogen and oxygen atoms in total. The van der Waals surface area contributed by atoms with Gasteiger partial charge >= 0.3 is 6.18 Å². The predicted octanol–water partition coefficient (Wildman–Crippen LogP) is 5.57. The Labute approximate surface area is 153 Å². The molecule has 134 valence electrons. The topological polar surface area (TPSA) is 20.3 Å². The van der Waals surface area contributed by atoms with Gasteiger partial charge < -0.3 is 4.90 Å². The van der Waals surface area contributed by atoms with E-state index in [0.717, 1.165) is 10.9 Å². The molecule has 1 aromatic heterocycles. The summed E-state index contributed by atoms with van der Waals surface area (Å²) in [6, 6.07) is 9.18. The van der Waals surface area contributed by atoms with Gasteiger partial charge in [-0.05, 0) is 43.0 Å². The van der Waals surface area contributed by atoms with Crippen molar-refractivity contribution in [1.82, 2.24) is 4.90 Å². The fourth-order valence-electron chi connectivity index (χ4n) is 3.10. The van der Waals surface area contributed by atoms with Crippen molar-refractivity contribution in [1.29, 1.82) is 0 Å². The Kier molecular flexibility index (Phi) is 5.11. The Morgan fingerprint density at radius 2 is 2.00 bits per heavy atom. The average Bonchev–Trinajstić information content (AvgIpc) is 3.27. The second-order valence-corrected chi connectivity index (χ2v) is 7.89. The van der Waals surface area contributed by atoms with Crippen LogP contribution in [0.3, 0.4) is 0 Å². The summed E-state index contributed by atoms with van der Waals surface area (Å²) < 4.78 is 40.2. The van der Waals surface area contributed by atoms with Gasteiger partial charge in [0.2, 0.25) is 5.91 Å². The molecule has 0 aliphatic heterocycles. The molecule has 2 unspecified atom stereocenters. The van der Waals surface area contributed by atoms with Gasteiger partial charge in [-0.15, -0.1) is 11.3 Å². The third-order valence-corrected chi connectivity index (χ3v) is 5.66. The summed E-state index contributed by atoms with van der Waals surface area (Å²) in [5.74, 6) is -0.820. The first-order chi connectivity index (χ1) is 11.8. The molecule has 0 radical (unpaired) electrons. The number of halogens is 4. The van der Waals surface area contributed by atoms with E-state index >= 15 is 0 Å². The van der Waals surface area contributed by atoms with E-state index in [1.54, 1.807) is 17.0 Å². The second-order valence-electron chi connectivity index (χ2n) is 6.09. The molecule has 1 amide bonds. The third-order valence-electron chi connectivity index (χ3n) is 4.44. The summed E-state index contributed by atoms with van der Waals surface area (Å²) in [5.41, 5.74) is -0.410. The molecule has 1 heterocycles. The number of benzene rings is 1. The molecular formula is C18H17ClF3NOS. The fourth-order valence-corrected chi connectivity index (χ4v) is 4.20. The number of carbonyl (C=O) groups excluding carboxylic acids is 1. The summed E-state index contributed by atoms with van der Waals surface area (Å²) in [5, 5.41) is 0. The molecule has 1 fully saturated rings. The molecular weight excluding hydrogens is 371 g/mol. The maximum absolute atomic E-state index is 13.2. The van der Waals surface area contributed by atoms with E-state index in [1.165, 1.54) is 23.5 Å². The number of hydrogen-bond donors (Lipinski definition) is 0. The molecule has 2 atom stereocenters. The number of rotatable bonds is 5. The number of alkyl halides is 3. The van der Waals surface area contributed by atoms with Gasteiger partial charge in [-0.2, -0.15) is 13.2 Å². The first kappa shape index (κ1) is 18.3. The fraction of sp³-hybridized carbons (Fsp3) is 0.389. The summed E-state index contributed by atoms with van der Waals surface area (Å²) in [6.07, 6.45) is -3.93. The minimum absolute atomic E-state index is 0.0889. The molecule has 25 heavy (non-hydrogen) atoms. The monoisotopic (exact) mass is 387 g/mol. The van der Waals surface area contributed by atoms with Gasteiger partial charge in [0.1, 0.15) is 0 Å². The Morgan fingerprint density at radius 3 is 2.60 bits per heavy atom. The molecule has 1 aromatic carbocycles. The Morgan fingerprint density at radius 1 is 1.28 bits per heavy atom. The summed E-state index contributed by atoms with van der Waals surface area (Å²) in [7, 11) is 0. The molecule has 1 aliphatic carbocycles. The third kappa shape index (κ3) is 4.01. The first-order valence-electron chi connectivity index (χ1n) is 8.00. The zero-order valence-corrected chi connectivity index (χ0v) is 15.1. The minimum Gasteiger partial charge on any atom is -0.338 e. The van der Waals surface area contributed by atoms with Crippen molar-refractivity contribution in [2.75, 3.05) is 6.54 Å². The lowest BCUT2D eigenvalue weighted by atomic mass is 10.0.